The van der Waals surface area contributed by atoms with Gasteiger partial charge in [0.25, 0.3) is 0 Å². The summed E-state index contributed by atoms with van der Waals surface area (Å²) in [5, 5.41) is 11.8. The second-order valence-electron chi connectivity index (χ2n) is 7.03. The number of piperazine rings is 1. The Morgan fingerprint density at radius 2 is 1.80 bits per heavy atom. The summed E-state index contributed by atoms with van der Waals surface area (Å²) in [6, 6.07) is 18.3. The summed E-state index contributed by atoms with van der Waals surface area (Å²) in [5.74, 6) is 2.61. The lowest BCUT2D eigenvalue weighted by molar-refractivity contribution is 0.371. The molecule has 0 unspecified atom stereocenters. The third kappa shape index (κ3) is 4.37. The van der Waals surface area contributed by atoms with Crippen molar-refractivity contribution in [3.05, 3.63) is 66.7 Å². The quantitative estimate of drug-likeness (QED) is 0.518. The molecular formula is C22H27N7O. The van der Waals surface area contributed by atoms with E-state index in [1.54, 1.807) is 13.4 Å². The van der Waals surface area contributed by atoms with Crippen LogP contribution >= 0.6 is 0 Å². The van der Waals surface area contributed by atoms with E-state index in [4.69, 9.17) is 4.74 Å². The van der Waals surface area contributed by atoms with Gasteiger partial charge in [-0.05, 0) is 24.3 Å². The molecule has 0 bridgehead atoms. The van der Waals surface area contributed by atoms with Gasteiger partial charge < -0.3 is 19.9 Å². The minimum atomic E-state index is 0.553. The number of rotatable bonds is 5. The Morgan fingerprint density at radius 3 is 2.53 bits per heavy atom. The van der Waals surface area contributed by atoms with Gasteiger partial charge in [0.05, 0.1) is 13.7 Å². The highest BCUT2D eigenvalue weighted by molar-refractivity contribution is 5.80. The first kappa shape index (κ1) is 19.8. The van der Waals surface area contributed by atoms with E-state index in [1.165, 1.54) is 5.69 Å². The van der Waals surface area contributed by atoms with Crippen molar-refractivity contribution in [1.29, 1.82) is 0 Å². The molecule has 0 radical (unpaired) electrons. The van der Waals surface area contributed by atoms with E-state index < -0.39 is 0 Å². The van der Waals surface area contributed by atoms with Gasteiger partial charge in [-0.3, -0.25) is 9.56 Å². The van der Waals surface area contributed by atoms with E-state index in [9.17, 15) is 0 Å². The Hall–Kier alpha value is -3.55. The molecule has 1 aromatic heterocycles. The highest BCUT2D eigenvalue weighted by Crippen LogP contribution is 2.22. The Kier molecular flexibility index (Phi) is 6.12. The molecule has 2 aromatic carbocycles. The number of hydrogen-bond acceptors (Lipinski definition) is 5. The third-order valence-corrected chi connectivity index (χ3v) is 5.27. The first-order valence-electron chi connectivity index (χ1n) is 10.1. The molecule has 1 N–H and O–H groups in total. The van der Waals surface area contributed by atoms with Crippen LogP contribution in [0.25, 0.3) is 5.69 Å². The van der Waals surface area contributed by atoms with Crippen molar-refractivity contribution in [2.24, 2.45) is 4.99 Å². The van der Waals surface area contributed by atoms with Crippen LogP contribution in [0.5, 0.6) is 5.75 Å². The summed E-state index contributed by atoms with van der Waals surface area (Å²) < 4.78 is 7.34. The molecule has 30 heavy (non-hydrogen) atoms. The maximum atomic E-state index is 5.35. The van der Waals surface area contributed by atoms with E-state index in [-0.39, 0.29) is 0 Å². The maximum Gasteiger partial charge on any atom is 0.194 e. The van der Waals surface area contributed by atoms with Gasteiger partial charge in [0, 0.05) is 50.7 Å². The molecule has 0 aliphatic carbocycles. The van der Waals surface area contributed by atoms with Gasteiger partial charge in [-0.1, -0.05) is 24.3 Å². The van der Waals surface area contributed by atoms with Crippen molar-refractivity contribution in [2.75, 3.05) is 45.2 Å². The molecule has 1 aliphatic rings. The molecule has 1 fully saturated rings. The van der Waals surface area contributed by atoms with Crippen molar-refractivity contribution in [2.45, 2.75) is 6.54 Å². The molecule has 0 amide bonds. The number of anilines is 1. The van der Waals surface area contributed by atoms with Crippen molar-refractivity contribution in [1.82, 2.24) is 25.0 Å². The lowest BCUT2D eigenvalue weighted by Crippen LogP contribution is -2.52. The molecule has 8 heteroatoms. The Bertz CT molecular complexity index is 978. The van der Waals surface area contributed by atoms with E-state index in [2.05, 4.69) is 42.4 Å². The summed E-state index contributed by atoms with van der Waals surface area (Å²) in [6.07, 6.45) is 1.74. The summed E-state index contributed by atoms with van der Waals surface area (Å²) >= 11 is 0. The number of nitrogens with zero attached hydrogens (tertiary/aromatic N) is 6. The van der Waals surface area contributed by atoms with Crippen LogP contribution in [-0.4, -0.2) is 66.0 Å². The van der Waals surface area contributed by atoms with E-state index in [0.29, 0.717) is 6.54 Å². The van der Waals surface area contributed by atoms with E-state index in [0.717, 1.165) is 49.4 Å². The summed E-state index contributed by atoms with van der Waals surface area (Å²) in [4.78, 5) is 9.13. The van der Waals surface area contributed by atoms with Gasteiger partial charge in [0.2, 0.25) is 0 Å². The molecule has 2 heterocycles. The fourth-order valence-corrected chi connectivity index (χ4v) is 3.66. The van der Waals surface area contributed by atoms with Gasteiger partial charge in [0.1, 0.15) is 12.1 Å². The van der Waals surface area contributed by atoms with Crippen molar-refractivity contribution in [3.8, 4) is 11.4 Å². The zero-order chi connectivity index (χ0) is 20.8. The van der Waals surface area contributed by atoms with Crippen LogP contribution in [0.15, 0.2) is 65.9 Å². The van der Waals surface area contributed by atoms with Crippen molar-refractivity contribution >= 4 is 11.6 Å². The Balaban J connectivity index is 1.36. The molecule has 3 aromatic rings. The first-order valence-corrected chi connectivity index (χ1v) is 10.1. The lowest BCUT2D eigenvalue weighted by Gasteiger charge is -2.37. The molecule has 0 spiro atoms. The highest BCUT2D eigenvalue weighted by atomic mass is 16.5. The van der Waals surface area contributed by atoms with Gasteiger partial charge in [-0.25, -0.2) is 0 Å². The van der Waals surface area contributed by atoms with Gasteiger partial charge in [-0.2, -0.15) is 0 Å². The SMILES string of the molecule is CN=C(NCc1nncn1-c1ccccc1)N1CCN(c2cccc(OC)c2)CC1. The second-order valence-corrected chi connectivity index (χ2v) is 7.03. The highest BCUT2D eigenvalue weighted by Gasteiger charge is 2.20. The van der Waals surface area contributed by atoms with Gasteiger partial charge in [-0.15, -0.1) is 10.2 Å². The van der Waals surface area contributed by atoms with E-state index >= 15 is 0 Å². The van der Waals surface area contributed by atoms with Crippen LogP contribution in [0.2, 0.25) is 0 Å². The second kappa shape index (κ2) is 9.30. The predicted octanol–water partition coefficient (Wildman–Crippen LogP) is 2.17. The number of benzene rings is 2. The minimum Gasteiger partial charge on any atom is -0.497 e. The predicted molar refractivity (Wildman–Crippen MR) is 118 cm³/mol. The van der Waals surface area contributed by atoms with Crippen LogP contribution in [0.3, 0.4) is 0 Å². The van der Waals surface area contributed by atoms with Crippen LogP contribution in [0.1, 0.15) is 5.82 Å². The smallest absolute Gasteiger partial charge is 0.194 e. The number of ether oxygens (including phenoxy) is 1. The number of methoxy groups -OCH3 is 1. The molecule has 1 aliphatic heterocycles. The number of aliphatic imine (C=N–C) groups is 1. The van der Waals surface area contributed by atoms with E-state index in [1.807, 2.05) is 54.1 Å². The summed E-state index contributed by atoms with van der Waals surface area (Å²) in [5.41, 5.74) is 2.23. The summed E-state index contributed by atoms with van der Waals surface area (Å²) in [6.45, 7) is 4.18. The molecule has 1 saturated heterocycles. The zero-order valence-electron chi connectivity index (χ0n) is 17.4. The monoisotopic (exact) mass is 405 g/mol. The standard InChI is InChI=1S/C22H27N7O/c1-23-22(24-16-21-26-25-17-29(21)18-7-4-3-5-8-18)28-13-11-27(12-14-28)19-9-6-10-20(15-19)30-2/h3-10,15,17H,11-14,16H2,1-2H3,(H,23,24). The molecular weight excluding hydrogens is 378 g/mol. The number of para-hydroxylation sites is 1. The summed E-state index contributed by atoms with van der Waals surface area (Å²) in [7, 11) is 3.52. The molecule has 0 atom stereocenters. The number of aromatic nitrogens is 3. The number of hydrogen-bond donors (Lipinski definition) is 1. The van der Waals surface area contributed by atoms with Crippen molar-refractivity contribution < 1.29 is 4.74 Å². The van der Waals surface area contributed by atoms with Crippen LogP contribution in [0, 0.1) is 0 Å². The Morgan fingerprint density at radius 1 is 1.03 bits per heavy atom. The van der Waals surface area contributed by atoms with Crippen LogP contribution < -0.4 is 15.0 Å². The molecule has 8 nitrogen and oxygen atoms in total. The molecule has 0 saturated carbocycles. The molecule has 156 valence electrons. The topological polar surface area (TPSA) is 70.8 Å². The minimum absolute atomic E-state index is 0.553. The van der Waals surface area contributed by atoms with Crippen LogP contribution in [0.4, 0.5) is 5.69 Å². The maximum absolute atomic E-state index is 5.35. The Labute approximate surface area is 176 Å². The molecule has 4 rings (SSSR count). The average Bonchev–Trinajstić information content (AvgIpc) is 3.29. The number of guanidine groups is 1. The fraction of sp³-hybridized carbons (Fsp3) is 0.318. The lowest BCUT2D eigenvalue weighted by atomic mass is 10.2. The average molecular weight is 406 g/mol. The van der Waals surface area contributed by atoms with Gasteiger partial charge in [0.15, 0.2) is 11.8 Å². The van der Waals surface area contributed by atoms with Crippen LogP contribution in [-0.2, 0) is 6.54 Å². The zero-order valence-corrected chi connectivity index (χ0v) is 17.4. The largest absolute Gasteiger partial charge is 0.497 e. The van der Waals surface area contributed by atoms with Gasteiger partial charge >= 0.3 is 0 Å². The first-order chi connectivity index (χ1) is 14.8. The fourth-order valence-electron chi connectivity index (χ4n) is 3.66. The van der Waals surface area contributed by atoms with Crippen molar-refractivity contribution in [3.63, 3.8) is 0 Å². The third-order valence-electron chi connectivity index (χ3n) is 5.27. The normalized spacial score (nSPS) is 14.7. The number of nitrogens with one attached hydrogen (secondary N) is 1.